The Bertz CT molecular complexity index is 598. The molecule has 4 nitrogen and oxygen atoms in total. The Labute approximate surface area is 117 Å². The van der Waals surface area contributed by atoms with Crippen molar-refractivity contribution in [3.63, 3.8) is 0 Å². The zero-order valence-corrected chi connectivity index (χ0v) is 11.2. The van der Waals surface area contributed by atoms with Gasteiger partial charge < -0.3 is 10.6 Å². The molecule has 5 heteroatoms. The van der Waals surface area contributed by atoms with E-state index < -0.39 is 0 Å². The molecule has 0 radical (unpaired) electrons. The Morgan fingerprint density at radius 2 is 2.00 bits per heavy atom. The summed E-state index contributed by atoms with van der Waals surface area (Å²) in [6.45, 7) is 0.711. The average molecular weight is 273 g/mol. The molecule has 0 bridgehead atoms. The standard InChI is InChI=1S/C15H16FN3O/c1-19(10-11-2-4-13(16)5-3-11)15(20)12-6-7-18-14(8-12)9-17/h2-8H,9-10,17H2,1H3. The lowest BCUT2D eigenvalue weighted by Crippen LogP contribution is -2.26. The maximum absolute atomic E-state index is 12.8. The average Bonchev–Trinajstić information content (AvgIpc) is 2.48. The van der Waals surface area contributed by atoms with Crippen LogP contribution >= 0.6 is 0 Å². The molecule has 0 spiro atoms. The highest BCUT2D eigenvalue weighted by atomic mass is 19.1. The summed E-state index contributed by atoms with van der Waals surface area (Å²) in [5.74, 6) is -0.407. The summed E-state index contributed by atoms with van der Waals surface area (Å²) in [5, 5.41) is 0. The van der Waals surface area contributed by atoms with Crippen molar-refractivity contribution in [3.8, 4) is 0 Å². The molecule has 0 aliphatic heterocycles. The number of aromatic nitrogens is 1. The molecule has 0 saturated carbocycles. The van der Waals surface area contributed by atoms with Gasteiger partial charge in [0.1, 0.15) is 5.82 Å². The van der Waals surface area contributed by atoms with Gasteiger partial charge in [0.15, 0.2) is 0 Å². The molecule has 0 saturated heterocycles. The molecule has 20 heavy (non-hydrogen) atoms. The molecule has 1 aromatic carbocycles. The van der Waals surface area contributed by atoms with Gasteiger partial charge in [0, 0.05) is 31.9 Å². The fourth-order valence-corrected chi connectivity index (χ4v) is 1.88. The fourth-order valence-electron chi connectivity index (χ4n) is 1.88. The minimum Gasteiger partial charge on any atom is -0.337 e. The quantitative estimate of drug-likeness (QED) is 0.926. The van der Waals surface area contributed by atoms with E-state index in [0.717, 1.165) is 5.56 Å². The van der Waals surface area contributed by atoms with E-state index in [0.29, 0.717) is 24.3 Å². The van der Waals surface area contributed by atoms with Crippen molar-refractivity contribution in [1.82, 2.24) is 9.88 Å². The fraction of sp³-hybridized carbons (Fsp3) is 0.200. The molecule has 1 aromatic heterocycles. The van der Waals surface area contributed by atoms with E-state index in [1.807, 2.05) is 0 Å². The van der Waals surface area contributed by atoms with E-state index in [2.05, 4.69) is 4.98 Å². The molecular formula is C15H16FN3O. The number of rotatable bonds is 4. The monoisotopic (exact) mass is 273 g/mol. The Morgan fingerprint density at radius 3 is 2.65 bits per heavy atom. The third-order valence-electron chi connectivity index (χ3n) is 2.95. The summed E-state index contributed by atoms with van der Waals surface area (Å²) in [6, 6.07) is 9.43. The summed E-state index contributed by atoms with van der Waals surface area (Å²) in [4.78, 5) is 17.9. The Morgan fingerprint density at radius 1 is 1.30 bits per heavy atom. The number of amides is 1. The number of carbonyl (C=O) groups is 1. The zero-order chi connectivity index (χ0) is 14.5. The van der Waals surface area contributed by atoms with E-state index in [9.17, 15) is 9.18 Å². The molecule has 104 valence electrons. The molecular weight excluding hydrogens is 257 g/mol. The molecule has 2 N–H and O–H groups in total. The van der Waals surface area contributed by atoms with Crippen LogP contribution < -0.4 is 5.73 Å². The molecule has 1 heterocycles. The number of benzene rings is 1. The van der Waals surface area contributed by atoms with Gasteiger partial charge in [-0.15, -0.1) is 0 Å². The third-order valence-corrected chi connectivity index (χ3v) is 2.95. The van der Waals surface area contributed by atoms with Crippen LogP contribution in [0.2, 0.25) is 0 Å². The molecule has 0 fully saturated rings. The number of carbonyl (C=O) groups excluding carboxylic acids is 1. The minimum absolute atomic E-state index is 0.119. The van der Waals surface area contributed by atoms with Gasteiger partial charge >= 0.3 is 0 Å². The van der Waals surface area contributed by atoms with Crippen molar-refractivity contribution >= 4 is 5.91 Å². The van der Waals surface area contributed by atoms with Crippen LogP contribution in [0.1, 0.15) is 21.6 Å². The highest BCUT2D eigenvalue weighted by Crippen LogP contribution is 2.10. The van der Waals surface area contributed by atoms with Crippen LogP contribution in [-0.4, -0.2) is 22.8 Å². The predicted octanol–water partition coefficient (Wildman–Crippen LogP) is 1.95. The van der Waals surface area contributed by atoms with Crippen LogP contribution in [0.4, 0.5) is 4.39 Å². The van der Waals surface area contributed by atoms with Crippen molar-refractivity contribution in [1.29, 1.82) is 0 Å². The second-order valence-corrected chi connectivity index (χ2v) is 4.53. The van der Waals surface area contributed by atoms with E-state index in [-0.39, 0.29) is 11.7 Å². The van der Waals surface area contributed by atoms with Gasteiger partial charge in [-0.25, -0.2) is 4.39 Å². The van der Waals surface area contributed by atoms with Crippen molar-refractivity contribution in [2.75, 3.05) is 7.05 Å². The summed E-state index contributed by atoms with van der Waals surface area (Å²) in [5.41, 5.74) is 7.60. The number of nitrogens with two attached hydrogens (primary N) is 1. The molecule has 2 aromatic rings. The predicted molar refractivity (Wildman–Crippen MR) is 74.3 cm³/mol. The van der Waals surface area contributed by atoms with Crippen LogP contribution in [0, 0.1) is 5.82 Å². The number of pyridine rings is 1. The van der Waals surface area contributed by atoms with Crippen LogP contribution in [0.25, 0.3) is 0 Å². The van der Waals surface area contributed by atoms with Gasteiger partial charge in [-0.1, -0.05) is 12.1 Å². The lowest BCUT2D eigenvalue weighted by Gasteiger charge is -2.17. The molecule has 0 aliphatic carbocycles. The van der Waals surface area contributed by atoms with Crippen molar-refractivity contribution < 1.29 is 9.18 Å². The first kappa shape index (κ1) is 14.1. The summed E-state index contributed by atoms with van der Waals surface area (Å²) in [7, 11) is 1.70. The second-order valence-electron chi connectivity index (χ2n) is 4.53. The van der Waals surface area contributed by atoms with Gasteiger partial charge in [0.2, 0.25) is 0 Å². The molecule has 1 amide bonds. The maximum atomic E-state index is 12.8. The van der Waals surface area contributed by atoms with Gasteiger partial charge in [0.05, 0.1) is 5.69 Å². The second kappa shape index (κ2) is 6.25. The SMILES string of the molecule is CN(Cc1ccc(F)cc1)C(=O)c1ccnc(CN)c1. The Balaban J connectivity index is 2.09. The molecule has 0 aliphatic rings. The molecule has 0 unspecified atom stereocenters. The maximum Gasteiger partial charge on any atom is 0.254 e. The van der Waals surface area contributed by atoms with Gasteiger partial charge in [0.25, 0.3) is 5.91 Å². The number of hydrogen-bond acceptors (Lipinski definition) is 3. The Kier molecular flexibility index (Phi) is 4.42. The smallest absolute Gasteiger partial charge is 0.254 e. The summed E-state index contributed by atoms with van der Waals surface area (Å²) in [6.07, 6.45) is 1.57. The highest BCUT2D eigenvalue weighted by Gasteiger charge is 2.12. The van der Waals surface area contributed by atoms with Crippen molar-refractivity contribution in [2.45, 2.75) is 13.1 Å². The van der Waals surface area contributed by atoms with E-state index in [4.69, 9.17) is 5.73 Å². The third kappa shape index (κ3) is 3.39. The van der Waals surface area contributed by atoms with Gasteiger partial charge in [-0.2, -0.15) is 0 Å². The Hall–Kier alpha value is -2.27. The van der Waals surface area contributed by atoms with Crippen LogP contribution in [0.5, 0.6) is 0 Å². The number of nitrogens with zero attached hydrogens (tertiary/aromatic N) is 2. The highest BCUT2D eigenvalue weighted by molar-refractivity contribution is 5.94. The van der Waals surface area contributed by atoms with Crippen molar-refractivity contribution in [3.05, 3.63) is 65.2 Å². The van der Waals surface area contributed by atoms with Gasteiger partial charge in [-0.05, 0) is 29.8 Å². The first-order valence-electron chi connectivity index (χ1n) is 6.25. The lowest BCUT2D eigenvalue weighted by molar-refractivity contribution is 0.0785. The summed E-state index contributed by atoms with van der Waals surface area (Å²) < 4.78 is 12.8. The zero-order valence-electron chi connectivity index (χ0n) is 11.2. The first-order valence-corrected chi connectivity index (χ1v) is 6.25. The van der Waals surface area contributed by atoms with E-state index in [1.54, 1.807) is 42.4 Å². The van der Waals surface area contributed by atoms with Crippen LogP contribution in [0.15, 0.2) is 42.6 Å². The molecule has 2 rings (SSSR count). The lowest BCUT2D eigenvalue weighted by atomic mass is 10.1. The number of halogens is 1. The largest absolute Gasteiger partial charge is 0.337 e. The minimum atomic E-state index is -0.288. The van der Waals surface area contributed by atoms with Crippen molar-refractivity contribution in [2.24, 2.45) is 5.73 Å². The molecule has 0 atom stereocenters. The van der Waals surface area contributed by atoms with Crippen LogP contribution in [-0.2, 0) is 13.1 Å². The normalized spacial score (nSPS) is 10.3. The van der Waals surface area contributed by atoms with Gasteiger partial charge in [-0.3, -0.25) is 9.78 Å². The first-order chi connectivity index (χ1) is 9.60. The number of hydrogen-bond donors (Lipinski definition) is 1. The van der Waals surface area contributed by atoms with E-state index in [1.165, 1.54) is 12.1 Å². The van der Waals surface area contributed by atoms with E-state index >= 15 is 0 Å². The summed E-state index contributed by atoms with van der Waals surface area (Å²) >= 11 is 0. The van der Waals surface area contributed by atoms with Crippen LogP contribution in [0.3, 0.4) is 0 Å². The topological polar surface area (TPSA) is 59.2 Å².